The van der Waals surface area contributed by atoms with Crippen molar-refractivity contribution in [3.63, 3.8) is 0 Å². The van der Waals surface area contributed by atoms with Crippen LogP contribution in [0.2, 0.25) is 0 Å². The summed E-state index contributed by atoms with van der Waals surface area (Å²) in [7, 11) is 1.42. The maximum Gasteiger partial charge on any atom is 0.306 e. The maximum atomic E-state index is 11.3. The van der Waals surface area contributed by atoms with Crippen LogP contribution >= 0.6 is 0 Å². The molecule has 0 spiro atoms. The first-order valence-electron chi connectivity index (χ1n) is 9.52. The molecule has 0 atom stereocenters. The molecule has 0 heterocycles. The van der Waals surface area contributed by atoms with Crippen LogP contribution in [0.5, 0.6) is 0 Å². The van der Waals surface area contributed by atoms with Gasteiger partial charge in [0.15, 0.2) is 0 Å². The Morgan fingerprint density at radius 2 is 1.19 bits per heavy atom. The van der Waals surface area contributed by atoms with Gasteiger partial charge >= 0.3 is 11.9 Å². The van der Waals surface area contributed by atoms with Crippen LogP contribution < -0.4 is 0 Å². The first kappa shape index (κ1) is 24.9. The standard InChI is InChI=1S/C20H38O6/c1-19(2,15-17(21)22)9-6-11-25-13-8-14-26-12-7-10-20(3,4)16-18(23)24-5/h6-16H2,1-5H3,(H,21,22). The van der Waals surface area contributed by atoms with Gasteiger partial charge in [-0.15, -0.1) is 0 Å². The SMILES string of the molecule is COC(=O)CC(C)(C)CCCOCCCOCCCC(C)(C)CC(=O)O. The van der Waals surface area contributed by atoms with Crippen LogP contribution in [0.25, 0.3) is 0 Å². The highest BCUT2D eigenvalue weighted by Crippen LogP contribution is 2.27. The van der Waals surface area contributed by atoms with Gasteiger partial charge in [0.1, 0.15) is 0 Å². The Morgan fingerprint density at radius 3 is 1.62 bits per heavy atom. The molecule has 0 aliphatic heterocycles. The fourth-order valence-corrected chi connectivity index (χ4v) is 2.82. The molecule has 0 rings (SSSR count). The maximum absolute atomic E-state index is 11.3. The minimum atomic E-state index is -0.748. The van der Waals surface area contributed by atoms with Crippen LogP contribution in [0.4, 0.5) is 0 Å². The van der Waals surface area contributed by atoms with Crippen LogP contribution in [-0.4, -0.2) is 50.6 Å². The normalized spacial score (nSPS) is 12.2. The molecule has 0 aromatic heterocycles. The van der Waals surface area contributed by atoms with E-state index in [1.165, 1.54) is 7.11 Å². The Hall–Kier alpha value is -1.14. The van der Waals surface area contributed by atoms with Gasteiger partial charge in [-0.2, -0.15) is 0 Å². The quantitative estimate of drug-likeness (QED) is 0.324. The zero-order chi connectivity index (χ0) is 20.1. The zero-order valence-electron chi connectivity index (χ0n) is 17.3. The number of aliphatic carboxylic acids is 1. The van der Waals surface area contributed by atoms with E-state index in [2.05, 4.69) is 13.8 Å². The first-order chi connectivity index (χ1) is 12.1. The molecule has 0 unspecified atom stereocenters. The number of ether oxygens (including phenoxy) is 3. The summed E-state index contributed by atoms with van der Waals surface area (Å²) in [5.41, 5.74) is -0.242. The first-order valence-corrected chi connectivity index (χ1v) is 9.52. The average molecular weight is 375 g/mol. The fraction of sp³-hybridized carbons (Fsp3) is 0.900. The highest BCUT2D eigenvalue weighted by atomic mass is 16.5. The van der Waals surface area contributed by atoms with Crippen LogP contribution in [-0.2, 0) is 23.8 Å². The second-order valence-electron chi connectivity index (χ2n) is 8.44. The van der Waals surface area contributed by atoms with Crippen molar-refractivity contribution in [1.82, 2.24) is 0 Å². The molecule has 0 aliphatic carbocycles. The minimum absolute atomic E-state index is 0.0615. The number of hydrogen-bond acceptors (Lipinski definition) is 5. The minimum Gasteiger partial charge on any atom is -0.481 e. The number of rotatable bonds is 16. The molecule has 0 amide bonds. The Bertz CT molecular complexity index is 403. The van der Waals surface area contributed by atoms with Gasteiger partial charge in [0.25, 0.3) is 0 Å². The Balaban J connectivity index is 3.49. The Morgan fingerprint density at radius 1 is 0.769 bits per heavy atom. The van der Waals surface area contributed by atoms with Crippen molar-refractivity contribution < 1.29 is 28.9 Å². The van der Waals surface area contributed by atoms with Crippen molar-refractivity contribution in [3.8, 4) is 0 Å². The van der Waals surface area contributed by atoms with Crippen LogP contribution in [0, 0.1) is 10.8 Å². The number of carbonyl (C=O) groups excluding carboxylic acids is 1. The second-order valence-corrected chi connectivity index (χ2v) is 8.44. The molecule has 6 nitrogen and oxygen atoms in total. The Kier molecular flexibility index (Phi) is 12.5. The largest absolute Gasteiger partial charge is 0.481 e. The van der Waals surface area contributed by atoms with E-state index in [1.54, 1.807) is 0 Å². The second kappa shape index (κ2) is 13.1. The lowest BCUT2D eigenvalue weighted by molar-refractivity contribution is -0.143. The van der Waals surface area contributed by atoms with Crippen LogP contribution in [0.3, 0.4) is 0 Å². The van der Waals surface area contributed by atoms with E-state index in [1.807, 2.05) is 13.8 Å². The number of hydrogen-bond donors (Lipinski definition) is 1. The van der Waals surface area contributed by atoms with Gasteiger partial charge in [-0.1, -0.05) is 27.7 Å². The molecule has 0 aliphatic rings. The molecule has 1 N–H and O–H groups in total. The molecular formula is C20H38O6. The van der Waals surface area contributed by atoms with E-state index in [4.69, 9.17) is 19.3 Å². The molecular weight excluding hydrogens is 336 g/mol. The molecule has 26 heavy (non-hydrogen) atoms. The number of esters is 1. The molecule has 6 heteroatoms. The van der Waals surface area contributed by atoms with Gasteiger partial charge in [-0.05, 0) is 42.9 Å². The molecule has 0 aromatic carbocycles. The third-order valence-electron chi connectivity index (χ3n) is 4.34. The summed E-state index contributed by atoms with van der Waals surface area (Å²) in [5, 5.41) is 8.84. The lowest BCUT2D eigenvalue weighted by Gasteiger charge is -2.22. The monoisotopic (exact) mass is 374 g/mol. The van der Waals surface area contributed by atoms with E-state index >= 15 is 0 Å². The molecule has 0 fully saturated rings. The summed E-state index contributed by atoms with van der Waals surface area (Å²) in [4.78, 5) is 22.1. The van der Waals surface area contributed by atoms with Gasteiger partial charge in [0.05, 0.1) is 20.0 Å². The van der Waals surface area contributed by atoms with E-state index in [0.717, 1.165) is 32.1 Å². The van der Waals surface area contributed by atoms with E-state index < -0.39 is 5.97 Å². The van der Waals surface area contributed by atoms with Gasteiger partial charge in [0, 0.05) is 26.4 Å². The van der Waals surface area contributed by atoms with Crippen LogP contribution in [0.1, 0.15) is 72.6 Å². The summed E-state index contributed by atoms with van der Waals surface area (Å²) in [6, 6.07) is 0. The van der Waals surface area contributed by atoms with E-state index in [0.29, 0.717) is 32.8 Å². The molecule has 0 bridgehead atoms. The third-order valence-corrected chi connectivity index (χ3v) is 4.34. The highest BCUT2D eigenvalue weighted by Gasteiger charge is 2.22. The number of carboxylic acid groups (broad SMARTS) is 1. The lowest BCUT2D eigenvalue weighted by atomic mass is 9.84. The summed E-state index contributed by atoms with van der Waals surface area (Å²) >= 11 is 0. The molecule has 0 aromatic rings. The predicted octanol–water partition coefficient (Wildman–Crippen LogP) is 4.06. The van der Waals surface area contributed by atoms with Crippen molar-refractivity contribution in [2.45, 2.75) is 72.6 Å². The molecule has 154 valence electrons. The van der Waals surface area contributed by atoms with Crippen molar-refractivity contribution in [3.05, 3.63) is 0 Å². The fourth-order valence-electron chi connectivity index (χ4n) is 2.82. The topological polar surface area (TPSA) is 82.1 Å². The summed E-state index contributed by atoms with van der Waals surface area (Å²) in [5.74, 6) is -0.916. The van der Waals surface area contributed by atoms with Gasteiger partial charge in [0.2, 0.25) is 0 Å². The summed E-state index contributed by atoms with van der Waals surface area (Å²) < 4.78 is 15.9. The molecule has 0 radical (unpaired) electrons. The number of methoxy groups -OCH3 is 1. The van der Waals surface area contributed by atoms with E-state index in [9.17, 15) is 9.59 Å². The van der Waals surface area contributed by atoms with Crippen molar-refractivity contribution in [2.75, 3.05) is 33.5 Å². The van der Waals surface area contributed by atoms with Crippen molar-refractivity contribution in [1.29, 1.82) is 0 Å². The zero-order valence-corrected chi connectivity index (χ0v) is 17.3. The van der Waals surface area contributed by atoms with E-state index in [-0.39, 0.29) is 23.2 Å². The lowest BCUT2D eigenvalue weighted by Crippen LogP contribution is -2.18. The third kappa shape index (κ3) is 15.1. The number of carboxylic acids is 1. The highest BCUT2D eigenvalue weighted by molar-refractivity contribution is 5.69. The van der Waals surface area contributed by atoms with Crippen molar-refractivity contribution in [2.24, 2.45) is 10.8 Å². The number of carbonyl (C=O) groups is 2. The van der Waals surface area contributed by atoms with Crippen molar-refractivity contribution >= 4 is 11.9 Å². The Labute approximate surface area is 158 Å². The summed E-state index contributed by atoms with van der Waals surface area (Å²) in [6.45, 7) is 10.8. The van der Waals surface area contributed by atoms with Gasteiger partial charge in [-0.3, -0.25) is 9.59 Å². The smallest absolute Gasteiger partial charge is 0.306 e. The molecule has 0 saturated carbocycles. The van der Waals surface area contributed by atoms with Gasteiger partial charge in [-0.25, -0.2) is 0 Å². The predicted molar refractivity (Wildman–Crippen MR) is 101 cm³/mol. The average Bonchev–Trinajstić information content (AvgIpc) is 2.50. The van der Waals surface area contributed by atoms with Gasteiger partial charge < -0.3 is 19.3 Å². The van der Waals surface area contributed by atoms with Crippen LogP contribution in [0.15, 0.2) is 0 Å². The molecule has 0 saturated heterocycles. The summed E-state index contributed by atoms with van der Waals surface area (Å²) in [6.07, 6.45) is 5.03.